The maximum atomic E-state index is 11.8. The van der Waals surface area contributed by atoms with Crippen molar-refractivity contribution < 1.29 is 37.4 Å². The van der Waals surface area contributed by atoms with Gasteiger partial charge >= 0.3 is 34.6 Å². The van der Waals surface area contributed by atoms with Crippen molar-refractivity contribution in [3.63, 3.8) is 0 Å². The molecule has 2 aliphatic carbocycles. The molecule has 0 saturated heterocycles. The summed E-state index contributed by atoms with van der Waals surface area (Å²) in [5, 5.41) is 0. The fourth-order valence-electron chi connectivity index (χ4n) is 6.00. The number of halogens is 5. The van der Waals surface area contributed by atoms with E-state index in [9.17, 15) is 13.2 Å². The van der Waals surface area contributed by atoms with Crippen LogP contribution in [-0.4, -0.2) is 4.21 Å². The average molecular weight is 869 g/mol. The van der Waals surface area contributed by atoms with Gasteiger partial charge in [-0.25, -0.2) is 12.2 Å². The minimum absolute atomic E-state index is 0. The zero-order chi connectivity index (χ0) is 40.4. The van der Waals surface area contributed by atoms with Gasteiger partial charge in [0.15, 0.2) is 0 Å². The summed E-state index contributed by atoms with van der Waals surface area (Å²) >= 11 is 1.30. The van der Waals surface area contributed by atoms with Gasteiger partial charge in [0.2, 0.25) is 0 Å². The fraction of sp³-hybridized carbons (Fsp3) is 0.408. The number of allylic oxidation sites excluding steroid dienone is 4. The van der Waals surface area contributed by atoms with Crippen LogP contribution >= 0.6 is 24.8 Å². The first kappa shape index (κ1) is 52.5. The molecular formula is C49H61Cl2F3Zr-4. The first-order chi connectivity index (χ1) is 24.4. The van der Waals surface area contributed by atoms with E-state index in [0.29, 0.717) is 0 Å². The van der Waals surface area contributed by atoms with E-state index < -0.39 is 11.7 Å². The molecule has 0 amide bonds. The summed E-state index contributed by atoms with van der Waals surface area (Å²) in [5.41, 5.74) is 12.6. The minimum atomic E-state index is -4.24. The van der Waals surface area contributed by atoms with Crippen LogP contribution in [0.3, 0.4) is 0 Å². The third-order valence-corrected chi connectivity index (χ3v) is 8.74. The molecule has 0 atom stereocenters. The molecule has 6 heteroatoms. The van der Waals surface area contributed by atoms with Crippen molar-refractivity contribution in [2.45, 2.75) is 131 Å². The van der Waals surface area contributed by atoms with E-state index in [4.69, 9.17) is 0 Å². The van der Waals surface area contributed by atoms with E-state index in [1.807, 2.05) is 36.4 Å². The summed E-state index contributed by atoms with van der Waals surface area (Å²) in [7, 11) is 0. The van der Waals surface area contributed by atoms with E-state index in [-0.39, 0.29) is 46.5 Å². The van der Waals surface area contributed by atoms with Crippen LogP contribution in [0.25, 0.3) is 11.1 Å². The van der Waals surface area contributed by atoms with Crippen molar-refractivity contribution in [1.29, 1.82) is 0 Å². The second-order valence-corrected chi connectivity index (χ2v) is 17.6. The number of hydrogen-bond donors (Lipinski definition) is 0. The normalized spacial score (nSPS) is 12.6. The molecule has 6 rings (SSSR count). The first-order valence-corrected chi connectivity index (χ1v) is 20.0. The number of hydrogen-bond acceptors (Lipinski definition) is 0. The van der Waals surface area contributed by atoms with Gasteiger partial charge < -0.3 is 0 Å². The zero-order valence-corrected chi connectivity index (χ0v) is 39.2. The number of rotatable bonds is 0. The maximum absolute atomic E-state index is 11.8. The Hall–Kier alpha value is -2.52. The topological polar surface area (TPSA) is 0 Å². The standard InChI is InChI=1S/C29H41.C7H4F3.C7H7.C5H5.CH2.2ClH.Zr/c1-26(2,3)22-14-18-13-19-15-23(27(4,5)6)25(29(10,11)12)17-21(19)20(18)16-24(22)28(7,8)9;8-7(9,10)6-4-2-1-3-5-6;1-7-5-3-2-4-6-7;1-2-4-5-3-1;;;;/h14,16-17H,13H2,1-12H3;1-2,4-5H;3-6H,1H3;1-3H,4H2;1H2;2*1H;/q4*-1;;;;. The van der Waals surface area contributed by atoms with E-state index in [1.165, 1.54) is 86.4 Å². The summed E-state index contributed by atoms with van der Waals surface area (Å²) < 4.78 is 38.6. The van der Waals surface area contributed by atoms with Crippen molar-refractivity contribution in [2.75, 3.05) is 0 Å². The van der Waals surface area contributed by atoms with Gasteiger partial charge in [0, 0.05) is 0 Å². The summed E-state index contributed by atoms with van der Waals surface area (Å²) in [6.45, 7) is 30.1. The summed E-state index contributed by atoms with van der Waals surface area (Å²) in [6, 6.07) is 29.2. The Morgan fingerprint density at radius 1 is 0.655 bits per heavy atom. The Morgan fingerprint density at radius 2 is 1.18 bits per heavy atom. The van der Waals surface area contributed by atoms with Crippen molar-refractivity contribution in [1.82, 2.24) is 0 Å². The second-order valence-electron chi connectivity index (χ2n) is 17.6. The summed E-state index contributed by atoms with van der Waals surface area (Å²) in [4.78, 5) is 0. The van der Waals surface area contributed by atoms with Crippen LogP contribution in [0.5, 0.6) is 0 Å². The van der Waals surface area contributed by atoms with Crippen molar-refractivity contribution in [3.05, 3.63) is 154 Å². The predicted molar refractivity (Wildman–Crippen MR) is 232 cm³/mol. The molecule has 0 aromatic heterocycles. The molecule has 0 aliphatic heterocycles. The van der Waals surface area contributed by atoms with Crippen LogP contribution < -0.4 is 0 Å². The van der Waals surface area contributed by atoms with E-state index in [1.54, 1.807) is 0 Å². The van der Waals surface area contributed by atoms with Crippen LogP contribution in [0.2, 0.25) is 0 Å². The monoisotopic (exact) mass is 866 g/mol. The third kappa shape index (κ3) is 16.1. The van der Waals surface area contributed by atoms with Gasteiger partial charge in [0.25, 0.3) is 0 Å². The molecule has 0 fully saturated rings. The van der Waals surface area contributed by atoms with Crippen LogP contribution in [0, 0.1) is 31.2 Å². The SMILES string of the molecule is CC(C)(C)c1[c-]c2c(cc1C(C)(C)C)-c1cc(C(C)(C)C)c(C(C)(C)C)cc1C2.Cc1cc[c-]cc1.Cl.Cl.FC(F)(F)c1c[c-]ccc1.[C-]1=CC=CC1.[CH2]=[Zr]. The van der Waals surface area contributed by atoms with Gasteiger partial charge in [0.1, 0.15) is 0 Å². The Balaban J connectivity index is 0.000000907. The van der Waals surface area contributed by atoms with Crippen LogP contribution in [0.1, 0.15) is 134 Å². The Kier molecular flexibility index (Phi) is 20.9. The van der Waals surface area contributed by atoms with Crippen molar-refractivity contribution >= 4 is 29.0 Å². The van der Waals surface area contributed by atoms with Gasteiger partial charge in [-0.3, -0.25) is 6.08 Å². The molecule has 0 unspecified atom stereocenters. The molecule has 0 saturated carbocycles. The molecule has 0 heterocycles. The molecule has 4 aromatic carbocycles. The molecule has 0 N–H and O–H groups in total. The molecule has 2 aliphatic rings. The number of benzene rings is 4. The molecule has 0 radical (unpaired) electrons. The van der Waals surface area contributed by atoms with Crippen LogP contribution in [-0.2, 0) is 58.5 Å². The number of alkyl halides is 3. The second kappa shape index (κ2) is 21.9. The summed E-state index contributed by atoms with van der Waals surface area (Å²) in [5.74, 6) is 0. The molecule has 0 nitrogen and oxygen atoms in total. The van der Waals surface area contributed by atoms with Gasteiger partial charge in [0.05, 0.1) is 0 Å². The van der Waals surface area contributed by atoms with E-state index >= 15 is 0 Å². The Bertz CT molecular complexity index is 1720. The molecule has 300 valence electrons. The molecule has 0 spiro atoms. The third-order valence-electron chi connectivity index (χ3n) is 8.74. The summed E-state index contributed by atoms with van der Waals surface area (Å²) in [6.07, 6.45) is 6.77. The van der Waals surface area contributed by atoms with E-state index in [2.05, 4.69) is 143 Å². The van der Waals surface area contributed by atoms with Gasteiger partial charge in [-0.2, -0.15) is 103 Å². The average Bonchev–Trinajstić information content (AvgIpc) is 3.76. The van der Waals surface area contributed by atoms with Gasteiger partial charge in [-0.15, -0.1) is 47.9 Å². The Morgan fingerprint density at radius 3 is 1.53 bits per heavy atom. The quantitative estimate of drug-likeness (QED) is 0.136. The van der Waals surface area contributed by atoms with Crippen molar-refractivity contribution in [3.8, 4) is 11.1 Å². The van der Waals surface area contributed by atoms with Gasteiger partial charge in [-0.05, 0) is 39.4 Å². The molecular weight excluding hydrogens is 808 g/mol. The van der Waals surface area contributed by atoms with Crippen LogP contribution in [0.15, 0.2) is 85.0 Å². The molecule has 0 bridgehead atoms. The van der Waals surface area contributed by atoms with E-state index in [0.717, 1.165) is 25.0 Å². The molecule has 4 aromatic rings. The predicted octanol–water partition coefficient (Wildman–Crippen LogP) is 14.7. The Labute approximate surface area is 359 Å². The fourth-order valence-corrected chi connectivity index (χ4v) is 6.00. The van der Waals surface area contributed by atoms with Gasteiger partial charge in [-0.1, -0.05) is 119 Å². The number of aryl methyl sites for hydroxylation is 1. The van der Waals surface area contributed by atoms with Crippen molar-refractivity contribution in [2.24, 2.45) is 0 Å². The molecule has 55 heavy (non-hydrogen) atoms. The zero-order valence-electron chi connectivity index (χ0n) is 35.2. The number of fused-ring (bicyclic) bond motifs is 3. The first-order valence-electron chi connectivity index (χ1n) is 18.2. The van der Waals surface area contributed by atoms with Crippen LogP contribution in [0.4, 0.5) is 13.2 Å².